The van der Waals surface area contributed by atoms with Crippen LogP contribution in [-0.2, 0) is 13.0 Å². The van der Waals surface area contributed by atoms with Gasteiger partial charge >= 0.3 is 0 Å². The zero-order valence-corrected chi connectivity index (χ0v) is 13.0. The van der Waals surface area contributed by atoms with E-state index in [1.54, 1.807) is 12.3 Å². The summed E-state index contributed by atoms with van der Waals surface area (Å²) in [6.07, 6.45) is 2.03. The average molecular weight is 316 g/mol. The van der Waals surface area contributed by atoms with Crippen LogP contribution in [0.25, 0.3) is 0 Å². The van der Waals surface area contributed by atoms with Crippen LogP contribution in [0.2, 0.25) is 0 Å². The van der Waals surface area contributed by atoms with Crippen LogP contribution in [0.1, 0.15) is 22.3 Å². The Balaban J connectivity index is 1.84. The van der Waals surface area contributed by atoms with Gasteiger partial charge in [0, 0.05) is 12.6 Å². The van der Waals surface area contributed by atoms with Gasteiger partial charge in [-0.2, -0.15) is 5.26 Å². The Bertz CT molecular complexity index is 924. The highest BCUT2D eigenvalue weighted by atomic mass is 16.5. The van der Waals surface area contributed by atoms with Gasteiger partial charge in [-0.3, -0.25) is 4.79 Å². The largest absolute Gasteiger partial charge is 0.489 e. The molecule has 0 amide bonds. The van der Waals surface area contributed by atoms with Gasteiger partial charge in [-0.05, 0) is 28.8 Å². The zero-order valence-electron chi connectivity index (χ0n) is 13.0. The standard InChI is InChI=1S/C20H16N2O2/c21-13-18-16(10-11-22-20(18)23)12-17-8-4-5-9-19(17)24-14-15-6-2-1-3-7-15/h1-11H,12,14H2,(H,22,23). The lowest BCUT2D eigenvalue weighted by Crippen LogP contribution is -2.12. The fourth-order valence-electron chi connectivity index (χ4n) is 2.52. The molecule has 24 heavy (non-hydrogen) atoms. The van der Waals surface area contributed by atoms with Crippen molar-refractivity contribution in [1.82, 2.24) is 4.98 Å². The van der Waals surface area contributed by atoms with Gasteiger partial charge in [-0.25, -0.2) is 0 Å². The SMILES string of the molecule is N#Cc1c(Cc2ccccc2OCc2ccccc2)cc[nH]c1=O. The molecule has 118 valence electrons. The van der Waals surface area contributed by atoms with Gasteiger partial charge in [0.05, 0.1) is 0 Å². The number of aromatic amines is 1. The molecule has 0 radical (unpaired) electrons. The van der Waals surface area contributed by atoms with Crippen molar-refractivity contribution in [1.29, 1.82) is 5.26 Å². The van der Waals surface area contributed by atoms with E-state index in [1.807, 2.05) is 60.7 Å². The second-order valence-corrected chi connectivity index (χ2v) is 5.38. The quantitative estimate of drug-likeness (QED) is 0.784. The Hall–Kier alpha value is -3.32. The molecule has 0 aliphatic carbocycles. The number of para-hydroxylation sites is 1. The topological polar surface area (TPSA) is 65.9 Å². The molecular formula is C20H16N2O2. The number of rotatable bonds is 5. The van der Waals surface area contributed by atoms with Crippen molar-refractivity contribution in [3.05, 3.63) is 99.5 Å². The van der Waals surface area contributed by atoms with Gasteiger partial charge in [-0.15, -0.1) is 0 Å². The van der Waals surface area contributed by atoms with Crippen molar-refractivity contribution in [2.75, 3.05) is 0 Å². The molecule has 0 fully saturated rings. The fourth-order valence-corrected chi connectivity index (χ4v) is 2.52. The van der Waals surface area contributed by atoms with Crippen molar-refractivity contribution >= 4 is 0 Å². The molecule has 0 spiro atoms. The van der Waals surface area contributed by atoms with Crippen LogP contribution in [-0.4, -0.2) is 4.98 Å². The molecule has 0 aliphatic heterocycles. The average Bonchev–Trinajstić information content (AvgIpc) is 2.62. The predicted octanol–water partition coefficient (Wildman–Crippen LogP) is 3.42. The third-order valence-electron chi connectivity index (χ3n) is 3.75. The minimum atomic E-state index is -0.363. The van der Waals surface area contributed by atoms with Crippen molar-refractivity contribution < 1.29 is 4.74 Å². The van der Waals surface area contributed by atoms with E-state index in [-0.39, 0.29) is 11.1 Å². The molecule has 4 nitrogen and oxygen atoms in total. The number of ether oxygens (including phenoxy) is 1. The van der Waals surface area contributed by atoms with Crippen LogP contribution in [0.3, 0.4) is 0 Å². The molecule has 3 aromatic rings. The van der Waals surface area contributed by atoms with Gasteiger partial charge < -0.3 is 9.72 Å². The summed E-state index contributed by atoms with van der Waals surface area (Å²) < 4.78 is 5.93. The molecule has 1 N–H and O–H groups in total. The maximum Gasteiger partial charge on any atom is 0.266 e. The van der Waals surface area contributed by atoms with Crippen LogP contribution in [0.15, 0.2) is 71.7 Å². The highest BCUT2D eigenvalue weighted by Crippen LogP contribution is 2.23. The lowest BCUT2D eigenvalue weighted by Gasteiger charge is -2.12. The lowest BCUT2D eigenvalue weighted by molar-refractivity contribution is 0.303. The number of H-pyrrole nitrogens is 1. The first kappa shape index (κ1) is 15.6. The van der Waals surface area contributed by atoms with Crippen LogP contribution < -0.4 is 10.3 Å². The third-order valence-corrected chi connectivity index (χ3v) is 3.75. The zero-order chi connectivity index (χ0) is 16.8. The summed E-state index contributed by atoms with van der Waals surface area (Å²) in [6, 6.07) is 21.3. The monoisotopic (exact) mass is 316 g/mol. The van der Waals surface area contributed by atoms with Crippen molar-refractivity contribution in [2.24, 2.45) is 0 Å². The second-order valence-electron chi connectivity index (χ2n) is 5.38. The Morgan fingerprint density at radius 3 is 2.50 bits per heavy atom. The number of pyridine rings is 1. The summed E-state index contributed by atoms with van der Waals surface area (Å²) >= 11 is 0. The summed E-state index contributed by atoms with van der Waals surface area (Å²) in [7, 11) is 0. The number of benzene rings is 2. The molecule has 2 aromatic carbocycles. The van der Waals surface area contributed by atoms with Gasteiger partial charge in [0.2, 0.25) is 0 Å². The van der Waals surface area contributed by atoms with E-state index in [0.29, 0.717) is 18.6 Å². The van der Waals surface area contributed by atoms with Crippen LogP contribution in [0.4, 0.5) is 0 Å². The molecular weight excluding hydrogens is 300 g/mol. The third kappa shape index (κ3) is 3.53. The number of nitriles is 1. The first-order chi connectivity index (χ1) is 11.8. The minimum Gasteiger partial charge on any atom is -0.489 e. The van der Waals surface area contributed by atoms with E-state index in [0.717, 1.165) is 16.9 Å². The second kappa shape index (κ2) is 7.30. The molecule has 0 atom stereocenters. The molecule has 0 unspecified atom stereocenters. The predicted molar refractivity (Wildman–Crippen MR) is 91.8 cm³/mol. The number of nitrogens with zero attached hydrogens (tertiary/aromatic N) is 1. The Morgan fingerprint density at radius 2 is 1.71 bits per heavy atom. The Morgan fingerprint density at radius 1 is 0.958 bits per heavy atom. The molecule has 0 aliphatic rings. The lowest BCUT2D eigenvalue weighted by atomic mass is 10.0. The van der Waals surface area contributed by atoms with Crippen LogP contribution in [0, 0.1) is 11.3 Å². The van der Waals surface area contributed by atoms with Gasteiger partial charge in [-0.1, -0.05) is 48.5 Å². The van der Waals surface area contributed by atoms with E-state index >= 15 is 0 Å². The molecule has 1 heterocycles. The van der Waals surface area contributed by atoms with E-state index in [1.165, 1.54) is 0 Å². The molecule has 0 bridgehead atoms. The summed E-state index contributed by atoms with van der Waals surface area (Å²) in [5.74, 6) is 0.755. The van der Waals surface area contributed by atoms with Gasteiger partial charge in [0.15, 0.2) is 0 Å². The minimum absolute atomic E-state index is 0.148. The van der Waals surface area contributed by atoms with E-state index in [9.17, 15) is 10.1 Å². The first-order valence-electron chi connectivity index (χ1n) is 7.63. The Labute approximate surface area is 140 Å². The maximum atomic E-state index is 11.7. The number of aromatic nitrogens is 1. The summed E-state index contributed by atoms with van der Waals surface area (Å²) in [5.41, 5.74) is 2.50. The molecule has 1 aromatic heterocycles. The first-order valence-corrected chi connectivity index (χ1v) is 7.63. The Kier molecular flexibility index (Phi) is 4.73. The summed E-state index contributed by atoms with van der Waals surface area (Å²) in [4.78, 5) is 14.3. The highest BCUT2D eigenvalue weighted by molar-refractivity contribution is 5.42. The smallest absolute Gasteiger partial charge is 0.266 e. The number of nitrogens with one attached hydrogen (secondary N) is 1. The van der Waals surface area contributed by atoms with Crippen LogP contribution in [0.5, 0.6) is 5.75 Å². The van der Waals surface area contributed by atoms with E-state index in [4.69, 9.17) is 4.74 Å². The highest BCUT2D eigenvalue weighted by Gasteiger charge is 2.10. The number of hydrogen-bond acceptors (Lipinski definition) is 3. The van der Waals surface area contributed by atoms with E-state index in [2.05, 4.69) is 4.98 Å². The number of hydrogen-bond donors (Lipinski definition) is 1. The normalized spacial score (nSPS) is 10.1. The molecule has 0 saturated heterocycles. The molecule has 3 rings (SSSR count). The summed E-state index contributed by atoms with van der Waals surface area (Å²) in [6.45, 7) is 0.471. The molecule has 0 saturated carbocycles. The van der Waals surface area contributed by atoms with Gasteiger partial charge in [0.1, 0.15) is 24.0 Å². The maximum absolute atomic E-state index is 11.7. The summed E-state index contributed by atoms with van der Waals surface area (Å²) in [5, 5.41) is 9.20. The van der Waals surface area contributed by atoms with Gasteiger partial charge in [0.25, 0.3) is 5.56 Å². The van der Waals surface area contributed by atoms with Crippen molar-refractivity contribution in [3.8, 4) is 11.8 Å². The van der Waals surface area contributed by atoms with E-state index < -0.39 is 0 Å². The molecule has 4 heteroatoms. The fraction of sp³-hybridized carbons (Fsp3) is 0.100. The van der Waals surface area contributed by atoms with Crippen molar-refractivity contribution in [2.45, 2.75) is 13.0 Å². The van der Waals surface area contributed by atoms with Crippen molar-refractivity contribution in [3.63, 3.8) is 0 Å². The van der Waals surface area contributed by atoms with Crippen LogP contribution >= 0.6 is 0 Å².